The van der Waals surface area contributed by atoms with Crippen molar-refractivity contribution >= 4 is 32.8 Å². The van der Waals surface area contributed by atoms with Crippen LogP contribution in [-0.4, -0.2) is 22.7 Å². The molecule has 0 saturated carbocycles. The summed E-state index contributed by atoms with van der Waals surface area (Å²) in [5.41, 5.74) is 5.59. The van der Waals surface area contributed by atoms with E-state index in [1.807, 2.05) is 51.1 Å². The highest BCUT2D eigenvalue weighted by molar-refractivity contribution is 9.10. The van der Waals surface area contributed by atoms with Crippen LogP contribution in [0.5, 0.6) is 5.75 Å². The first-order valence-electron chi connectivity index (χ1n) is 8.17. The number of ether oxygens (including phenoxy) is 1. The van der Waals surface area contributed by atoms with Crippen molar-refractivity contribution in [2.24, 2.45) is 0 Å². The van der Waals surface area contributed by atoms with Crippen LogP contribution in [0.4, 0.5) is 0 Å². The number of rotatable bonds is 5. The highest BCUT2D eigenvalue weighted by Crippen LogP contribution is 2.39. The molecule has 130 valence electrons. The molecule has 1 heterocycles. The largest absolute Gasteiger partial charge is 0.493 e. The summed E-state index contributed by atoms with van der Waals surface area (Å²) in [4.78, 5) is 15.0. The molecule has 25 heavy (non-hydrogen) atoms. The maximum atomic E-state index is 11.5. The fourth-order valence-corrected chi connectivity index (χ4v) is 3.58. The van der Waals surface area contributed by atoms with E-state index in [9.17, 15) is 9.90 Å². The lowest BCUT2D eigenvalue weighted by Gasteiger charge is -2.11. The first-order valence-corrected chi connectivity index (χ1v) is 8.97. The minimum atomic E-state index is -0.851. The van der Waals surface area contributed by atoms with Crippen LogP contribution >= 0.6 is 15.9 Å². The van der Waals surface area contributed by atoms with Gasteiger partial charge in [0.1, 0.15) is 5.75 Å². The Morgan fingerprint density at radius 3 is 2.60 bits per heavy atom. The van der Waals surface area contributed by atoms with Crippen LogP contribution in [0, 0.1) is 13.8 Å². The SMILES string of the molecule is CCOc1ccc(Br)cc1-c1[nH]c2c(C)ccc(C)c2c1CC(=O)O. The van der Waals surface area contributed by atoms with Gasteiger partial charge in [-0.25, -0.2) is 0 Å². The number of nitrogens with one attached hydrogen (secondary N) is 1. The lowest BCUT2D eigenvalue weighted by molar-refractivity contribution is -0.136. The molecule has 0 radical (unpaired) electrons. The number of aliphatic carboxylic acids is 1. The fraction of sp³-hybridized carbons (Fsp3) is 0.250. The maximum Gasteiger partial charge on any atom is 0.307 e. The number of aromatic nitrogens is 1. The Bertz CT molecular complexity index is 959. The van der Waals surface area contributed by atoms with Crippen LogP contribution < -0.4 is 4.74 Å². The third-order valence-electron chi connectivity index (χ3n) is 4.31. The van der Waals surface area contributed by atoms with E-state index < -0.39 is 5.97 Å². The van der Waals surface area contributed by atoms with E-state index in [0.717, 1.165) is 49.1 Å². The van der Waals surface area contributed by atoms with Crippen molar-refractivity contribution in [3.05, 3.63) is 51.5 Å². The molecule has 0 spiro atoms. The van der Waals surface area contributed by atoms with Gasteiger partial charge in [0.15, 0.2) is 0 Å². The lowest BCUT2D eigenvalue weighted by atomic mass is 9.98. The van der Waals surface area contributed by atoms with Gasteiger partial charge in [-0.1, -0.05) is 28.1 Å². The number of carboxylic acids is 1. The summed E-state index contributed by atoms with van der Waals surface area (Å²) in [6.45, 7) is 6.51. The number of aryl methyl sites for hydroxylation is 2. The Morgan fingerprint density at radius 2 is 1.92 bits per heavy atom. The summed E-state index contributed by atoms with van der Waals surface area (Å²) >= 11 is 3.51. The minimum Gasteiger partial charge on any atom is -0.493 e. The molecule has 0 aliphatic carbocycles. The molecule has 0 saturated heterocycles. The molecule has 2 N–H and O–H groups in total. The average Bonchev–Trinajstić information content (AvgIpc) is 2.93. The monoisotopic (exact) mass is 401 g/mol. The Hall–Kier alpha value is -2.27. The normalized spacial score (nSPS) is 11.0. The number of benzene rings is 2. The maximum absolute atomic E-state index is 11.5. The summed E-state index contributed by atoms with van der Waals surface area (Å²) < 4.78 is 6.69. The fourth-order valence-electron chi connectivity index (χ4n) is 3.22. The van der Waals surface area contributed by atoms with Gasteiger partial charge >= 0.3 is 5.97 Å². The van der Waals surface area contributed by atoms with E-state index in [0.29, 0.717) is 6.61 Å². The van der Waals surface area contributed by atoms with Gasteiger partial charge in [-0.05, 0) is 55.7 Å². The Balaban J connectivity index is 2.37. The third-order valence-corrected chi connectivity index (χ3v) is 4.81. The molecular weight excluding hydrogens is 382 g/mol. The van der Waals surface area contributed by atoms with Crippen molar-refractivity contribution in [2.75, 3.05) is 6.61 Å². The van der Waals surface area contributed by atoms with Gasteiger partial charge < -0.3 is 14.8 Å². The van der Waals surface area contributed by atoms with E-state index in [4.69, 9.17) is 4.74 Å². The van der Waals surface area contributed by atoms with Crippen molar-refractivity contribution in [2.45, 2.75) is 27.2 Å². The molecule has 0 bridgehead atoms. The molecule has 3 rings (SSSR count). The van der Waals surface area contributed by atoms with Gasteiger partial charge in [0.2, 0.25) is 0 Å². The standard InChI is InChI=1S/C20H20BrNO3/c1-4-25-16-8-7-13(21)9-14(16)20-15(10-17(23)24)18-11(2)5-6-12(3)19(18)22-20/h5-9,22H,4,10H2,1-3H3,(H,23,24). The highest BCUT2D eigenvalue weighted by atomic mass is 79.9. The molecule has 0 atom stereocenters. The van der Waals surface area contributed by atoms with Crippen LogP contribution in [0.25, 0.3) is 22.2 Å². The second kappa shape index (κ2) is 6.92. The third kappa shape index (κ3) is 3.29. The summed E-state index contributed by atoms with van der Waals surface area (Å²) in [6, 6.07) is 9.87. The number of carbonyl (C=O) groups is 1. The summed E-state index contributed by atoms with van der Waals surface area (Å²) in [7, 11) is 0. The first kappa shape index (κ1) is 17.5. The number of H-pyrrole nitrogens is 1. The molecule has 3 aromatic rings. The summed E-state index contributed by atoms with van der Waals surface area (Å²) in [5.74, 6) is -0.116. The molecule has 0 aliphatic heterocycles. The zero-order valence-electron chi connectivity index (χ0n) is 14.4. The second-order valence-electron chi connectivity index (χ2n) is 6.07. The number of fused-ring (bicyclic) bond motifs is 1. The molecule has 0 unspecified atom stereocenters. The van der Waals surface area contributed by atoms with Crippen molar-refractivity contribution in [1.82, 2.24) is 4.98 Å². The van der Waals surface area contributed by atoms with Crippen LogP contribution in [0.2, 0.25) is 0 Å². The molecule has 0 aliphatic rings. The topological polar surface area (TPSA) is 62.3 Å². The van der Waals surface area contributed by atoms with Crippen LogP contribution in [0.1, 0.15) is 23.6 Å². The minimum absolute atomic E-state index is 0.0439. The number of hydrogen-bond acceptors (Lipinski definition) is 2. The quantitative estimate of drug-likeness (QED) is 0.614. The zero-order chi connectivity index (χ0) is 18.1. The van der Waals surface area contributed by atoms with E-state index >= 15 is 0 Å². The summed E-state index contributed by atoms with van der Waals surface area (Å²) in [5, 5.41) is 10.4. The molecule has 5 heteroatoms. The van der Waals surface area contributed by atoms with Crippen molar-refractivity contribution in [3.63, 3.8) is 0 Å². The van der Waals surface area contributed by atoms with E-state index in [2.05, 4.69) is 20.9 Å². The molecule has 1 aromatic heterocycles. The van der Waals surface area contributed by atoms with Crippen LogP contribution in [0.3, 0.4) is 0 Å². The van der Waals surface area contributed by atoms with Crippen LogP contribution in [-0.2, 0) is 11.2 Å². The Morgan fingerprint density at radius 1 is 1.20 bits per heavy atom. The molecular formula is C20H20BrNO3. The van der Waals surface area contributed by atoms with Crippen molar-refractivity contribution < 1.29 is 14.6 Å². The van der Waals surface area contributed by atoms with E-state index in [1.165, 1.54) is 0 Å². The Labute approximate surface area is 155 Å². The first-order chi connectivity index (χ1) is 11.9. The van der Waals surface area contributed by atoms with Crippen molar-refractivity contribution in [1.29, 1.82) is 0 Å². The number of halogens is 1. The van der Waals surface area contributed by atoms with Gasteiger partial charge in [0.25, 0.3) is 0 Å². The molecule has 4 nitrogen and oxygen atoms in total. The van der Waals surface area contributed by atoms with Gasteiger partial charge in [-0.2, -0.15) is 0 Å². The predicted molar refractivity (Wildman–Crippen MR) is 103 cm³/mol. The average molecular weight is 402 g/mol. The lowest BCUT2D eigenvalue weighted by Crippen LogP contribution is -2.02. The van der Waals surface area contributed by atoms with E-state index in [1.54, 1.807) is 0 Å². The predicted octanol–water partition coefficient (Wildman–Crippen LogP) is 5.24. The van der Waals surface area contributed by atoms with E-state index in [-0.39, 0.29) is 6.42 Å². The Kier molecular flexibility index (Phi) is 4.86. The molecule has 0 fully saturated rings. The highest BCUT2D eigenvalue weighted by Gasteiger charge is 2.21. The smallest absolute Gasteiger partial charge is 0.307 e. The number of aromatic amines is 1. The van der Waals surface area contributed by atoms with Crippen molar-refractivity contribution in [3.8, 4) is 17.0 Å². The van der Waals surface area contributed by atoms with Crippen LogP contribution in [0.15, 0.2) is 34.8 Å². The van der Waals surface area contributed by atoms with Gasteiger partial charge in [0, 0.05) is 20.9 Å². The van der Waals surface area contributed by atoms with Gasteiger partial charge in [-0.15, -0.1) is 0 Å². The number of carboxylic acid groups (broad SMARTS) is 1. The van der Waals surface area contributed by atoms with Gasteiger partial charge in [-0.3, -0.25) is 4.79 Å². The second-order valence-corrected chi connectivity index (χ2v) is 6.99. The zero-order valence-corrected chi connectivity index (χ0v) is 16.0. The van der Waals surface area contributed by atoms with Gasteiger partial charge in [0.05, 0.1) is 18.7 Å². The number of hydrogen-bond donors (Lipinski definition) is 2. The molecule has 2 aromatic carbocycles. The summed E-state index contributed by atoms with van der Waals surface area (Å²) in [6.07, 6.45) is -0.0439. The molecule has 0 amide bonds.